The number of rotatable bonds is 3. The second-order valence-electron chi connectivity index (χ2n) is 17.9. The van der Waals surface area contributed by atoms with E-state index in [4.69, 9.17) is 9.72 Å². The van der Waals surface area contributed by atoms with Gasteiger partial charge in [0.25, 0.3) is 6.71 Å². The highest BCUT2D eigenvalue weighted by Gasteiger charge is 2.49. The van der Waals surface area contributed by atoms with E-state index < -0.39 is 0 Å². The number of allylic oxidation sites excluding steroid dienone is 2. The van der Waals surface area contributed by atoms with Crippen molar-refractivity contribution in [1.82, 2.24) is 4.98 Å². The van der Waals surface area contributed by atoms with Gasteiger partial charge in [-0.05, 0) is 107 Å². The lowest BCUT2D eigenvalue weighted by atomic mass is 9.34. The first-order valence-electron chi connectivity index (χ1n) is 19.0. The Bertz CT molecular complexity index is 2030. The summed E-state index contributed by atoms with van der Waals surface area (Å²) in [6.45, 7) is 19.5. The standard InChI is InChI=1S/C45H51BN2O/c1-9-29-24-45(8,25-32-28(3)19-27(2)20-31(29)32)40-23-39-41-42(47-40)48(30-15-11-10-12-16-30)37-18-14-13-17-35(37)46(41)36-21-33-34(22-38(36)49-39)44(6,7)26-43(33,4)5/h10-18,21-23,25,27-29,31H,9,19-20,24,26H2,1-8H3/t27?,28-,29?,31+,45-/m1/s1. The first kappa shape index (κ1) is 31.2. The van der Waals surface area contributed by atoms with Gasteiger partial charge >= 0.3 is 0 Å². The van der Waals surface area contributed by atoms with Crippen molar-refractivity contribution in [1.29, 1.82) is 0 Å². The molecule has 2 unspecified atom stereocenters. The molecule has 4 heteroatoms. The first-order valence-corrected chi connectivity index (χ1v) is 19.0. The van der Waals surface area contributed by atoms with Gasteiger partial charge in [0.05, 0.1) is 5.69 Å². The van der Waals surface area contributed by atoms with Crippen LogP contribution in [0.5, 0.6) is 11.5 Å². The average Bonchev–Trinajstić information content (AvgIpc) is 3.25. The molecule has 0 spiro atoms. The third-order valence-electron chi connectivity index (χ3n) is 13.3. The molecular weight excluding hydrogens is 595 g/mol. The van der Waals surface area contributed by atoms with Crippen LogP contribution in [0.3, 0.4) is 0 Å². The Labute approximate surface area is 294 Å². The lowest BCUT2D eigenvalue weighted by molar-refractivity contribution is 0.178. The minimum atomic E-state index is -0.171. The monoisotopic (exact) mass is 646 g/mol. The van der Waals surface area contributed by atoms with Crippen LogP contribution in [0, 0.1) is 23.7 Å². The van der Waals surface area contributed by atoms with Crippen LogP contribution in [0.2, 0.25) is 0 Å². The molecule has 1 saturated carbocycles. The van der Waals surface area contributed by atoms with Gasteiger partial charge in [-0.1, -0.05) is 116 Å². The molecule has 0 amide bonds. The van der Waals surface area contributed by atoms with Crippen molar-refractivity contribution in [3.8, 4) is 11.5 Å². The van der Waals surface area contributed by atoms with Crippen molar-refractivity contribution in [2.75, 3.05) is 4.90 Å². The molecule has 0 N–H and O–H groups in total. The van der Waals surface area contributed by atoms with Gasteiger partial charge in [0, 0.05) is 28.3 Å². The van der Waals surface area contributed by atoms with Crippen LogP contribution >= 0.6 is 0 Å². The fraction of sp³-hybridized carbons (Fsp3) is 0.444. The SMILES string of the molecule is CCC1C[C@@](C)(c2cc3c4c(n2)N(c2ccccc2)c2ccccc2B4c2cc4c(cc2O3)C(C)(C)CC4(C)C)C=C2[C@H](C)CC(C)C[C@H]21. The average molecular weight is 647 g/mol. The molecule has 1 fully saturated rings. The molecule has 2 aliphatic heterocycles. The lowest BCUT2D eigenvalue weighted by Gasteiger charge is -2.47. The number of ether oxygens (including phenoxy) is 1. The fourth-order valence-electron chi connectivity index (χ4n) is 11.4. The summed E-state index contributed by atoms with van der Waals surface area (Å²) in [4.78, 5) is 8.21. The van der Waals surface area contributed by atoms with Crippen LogP contribution in [-0.2, 0) is 16.2 Å². The number of para-hydroxylation sites is 2. The second-order valence-corrected chi connectivity index (χ2v) is 17.9. The molecule has 4 aromatic rings. The molecule has 5 aliphatic rings. The molecule has 3 aromatic carbocycles. The Morgan fingerprint density at radius 1 is 0.837 bits per heavy atom. The van der Waals surface area contributed by atoms with Crippen LogP contribution in [0.15, 0.2) is 84.4 Å². The summed E-state index contributed by atoms with van der Waals surface area (Å²) in [6.07, 6.45) is 8.75. The third-order valence-corrected chi connectivity index (χ3v) is 13.3. The topological polar surface area (TPSA) is 25.4 Å². The van der Waals surface area contributed by atoms with Crippen LogP contribution in [0.1, 0.15) is 104 Å². The summed E-state index contributed by atoms with van der Waals surface area (Å²) < 4.78 is 7.19. The number of nitrogens with zero attached hydrogens (tertiary/aromatic N) is 2. The number of pyridine rings is 1. The summed E-state index contributed by atoms with van der Waals surface area (Å²) in [7, 11) is 0. The van der Waals surface area contributed by atoms with E-state index in [1.165, 1.54) is 52.5 Å². The zero-order chi connectivity index (χ0) is 34.0. The van der Waals surface area contributed by atoms with E-state index in [0.717, 1.165) is 47.5 Å². The maximum absolute atomic E-state index is 7.19. The third kappa shape index (κ3) is 4.58. The number of anilines is 3. The van der Waals surface area contributed by atoms with Crippen LogP contribution < -0.4 is 26.0 Å². The predicted molar refractivity (Wildman–Crippen MR) is 206 cm³/mol. The Balaban J connectivity index is 1.30. The number of aromatic nitrogens is 1. The molecule has 1 aromatic heterocycles. The summed E-state index contributed by atoms with van der Waals surface area (Å²) in [5, 5.41) is 0. The van der Waals surface area contributed by atoms with Crippen molar-refractivity contribution in [2.45, 2.75) is 104 Å². The number of hydrogen-bond donors (Lipinski definition) is 0. The molecule has 0 bridgehead atoms. The summed E-state index contributed by atoms with van der Waals surface area (Å²) >= 11 is 0. The van der Waals surface area contributed by atoms with Gasteiger partial charge in [0.1, 0.15) is 17.3 Å². The van der Waals surface area contributed by atoms with Crippen LogP contribution in [0.25, 0.3) is 0 Å². The van der Waals surface area contributed by atoms with Gasteiger partial charge in [-0.25, -0.2) is 4.98 Å². The largest absolute Gasteiger partial charge is 0.458 e. The van der Waals surface area contributed by atoms with E-state index in [1.807, 2.05) is 0 Å². The zero-order valence-electron chi connectivity index (χ0n) is 30.7. The molecule has 0 radical (unpaired) electrons. The minimum Gasteiger partial charge on any atom is -0.458 e. The van der Waals surface area contributed by atoms with Crippen molar-refractivity contribution < 1.29 is 4.74 Å². The molecule has 9 rings (SSSR count). The summed E-state index contributed by atoms with van der Waals surface area (Å²) in [5.41, 5.74) is 11.9. The highest BCUT2D eigenvalue weighted by Crippen LogP contribution is 2.54. The zero-order valence-corrected chi connectivity index (χ0v) is 30.7. The highest BCUT2D eigenvalue weighted by molar-refractivity contribution is 6.99. The molecule has 3 nitrogen and oxygen atoms in total. The maximum Gasteiger partial charge on any atom is 0.258 e. The highest BCUT2D eigenvalue weighted by atomic mass is 16.5. The van der Waals surface area contributed by atoms with E-state index >= 15 is 0 Å². The molecule has 0 saturated heterocycles. The molecule has 49 heavy (non-hydrogen) atoms. The van der Waals surface area contributed by atoms with Crippen molar-refractivity contribution in [3.05, 3.63) is 101 Å². The van der Waals surface area contributed by atoms with Gasteiger partial charge in [-0.15, -0.1) is 0 Å². The van der Waals surface area contributed by atoms with Gasteiger partial charge in [0.15, 0.2) is 0 Å². The predicted octanol–water partition coefficient (Wildman–Crippen LogP) is 9.74. The molecule has 250 valence electrons. The molecule has 3 aliphatic carbocycles. The first-order chi connectivity index (χ1) is 23.4. The van der Waals surface area contributed by atoms with E-state index in [9.17, 15) is 0 Å². The van der Waals surface area contributed by atoms with E-state index in [1.54, 1.807) is 5.57 Å². The number of fused-ring (bicyclic) bond motifs is 6. The Morgan fingerprint density at radius 3 is 2.31 bits per heavy atom. The quantitative estimate of drug-likeness (QED) is 0.141. The Hall–Kier alpha value is -3.79. The second kappa shape index (κ2) is 10.6. The van der Waals surface area contributed by atoms with E-state index in [0.29, 0.717) is 17.8 Å². The van der Waals surface area contributed by atoms with Crippen molar-refractivity contribution in [2.24, 2.45) is 23.7 Å². The Kier molecular flexibility index (Phi) is 6.76. The van der Waals surface area contributed by atoms with Crippen LogP contribution in [-0.4, -0.2) is 11.7 Å². The molecule has 5 atom stereocenters. The van der Waals surface area contributed by atoms with E-state index in [-0.39, 0.29) is 23.0 Å². The van der Waals surface area contributed by atoms with Gasteiger partial charge < -0.3 is 4.74 Å². The van der Waals surface area contributed by atoms with Crippen molar-refractivity contribution >= 4 is 40.3 Å². The smallest absolute Gasteiger partial charge is 0.258 e. The molecular formula is C45H51BN2O. The normalized spacial score (nSPS) is 28.4. The van der Waals surface area contributed by atoms with Gasteiger partial charge in [-0.2, -0.15) is 0 Å². The lowest BCUT2D eigenvalue weighted by Crippen LogP contribution is -2.60. The minimum absolute atomic E-state index is 0.0569. The van der Waals surface area contributed by atoms with E-state index in [2.05, 4.69) is 139 Å². The van der Waals surface area contributed by atoms with Gasteiger partial charge in [-0.3, -0.25) is 4.90 Å². The number of benzene rings is 3. The van der Waals surface area contributed by atoms with Gasteiger partial charge in [0.2, 0.25) is 0 Å². The summed E-state index contributed by atoms with van der Waals surface area (Å²) in [5.74, 6) is 5.79. The van der Waals surface area contributed by atoms with Crippen molar-refractivity contribution in [3.63, 3.8) is 0 Å². The fourth-order valence-corrected chi connectivity index (χ4v) is 11.4. The summed E-state index contributed by atoms with van der Waals surface area (Å²) in [6, 6.07) is 27.1. The molecule has 3 heterocycles. The Morgan fingerprint density at radius 2 is 1.55 bits per heavy atom. The number of hydrogen-bond acceptors (Lipinski definition) is 3. The maximum atomic E-state index is 7.19. The van der Waals surface area contributed by atoms with Crippen LogP contribution in [0.4, 0.5) is 17.2 Å².